The molecule has 4 amide bonds. The summed E-state index contributed by atoms with van der Waals surface area (Å²) in [6.45, 7) is 0.495. The molecule has 8 nitrogen and oxygen atoms in total. The second-order valence-corrected chi connectivity index (χ2v) is 11.0. The molecule has 1 fully saturated rings. The number of imide groups is 2. The van der Waals surface area contributed by atoms with Gasteiger partial charge >= 0.3 is 6.03 Å². The Kier molecular flexibility index (Phi) is 9.66. The predicted molar refractivity (Wildman–Crippen MR) is 170 cm³/mol. The number of ether oxygens (including phenoxy) is 3. The summed E-state index contributed by atoms with van der Waals surface area (Å²) in [5.74, 6) is -0.436. The first-order valence-electron chi connectivity index (χ1n) is 13.0. The van der Waals surface area contributed by atoms with Crippen LogP contribution in [-0.4, -0.2) is 25.0 Å². The summed E-state index contributed by atoms with van der Waals surface area (Å²) in [4.78, 5) is 39.1. The van der Waals surface area contributed by atoms with Gasteiger partial charge in [-0.05, 0) is 65.2 Å². The Balaban J connectivity index is 1.31. The molecule has 224 valence electrons. The molecule has 0 spiro atoms. The van der Waals surface area contributed by atoms with Crippen molar-refractivity contribution in [2.75, 3.05) is 12.0 Å². The van der Waals surface area contributed by atoms with Crippen LogP contribution in [-0.2, 0) is 22.8 Å². The fraction of sp³-hybridized carbons (Fsp3) is 0.0938. The molecule has 0 unspecified atom stereocenters. The lowest BCUT2D eigenvalue weighted by Crippen LogP contribution is -2.54. The average molecular weight is 672 g/mol. The van der Waals surface area contributed by atoms with Crippen molar-refractivity contribution in [2.45, 2.75) is 13.2 Å². The molecule has 4 aromatic carbocycles. The average Bonchev–Trinajstić information content (AvgIpc) is 3.00. The fourth-order valence-electron chi connectivity index (χ4n) is 4.30. The molecule has 0 radical (unpaired) electrons. The molecule has 0 aliphatic carbocycles. The number of barbiturate groups is 1. The number of halogens is 4. The molecule has 4 aromatic rings. The maximum Gasteiger partial charge on any atom is 0.335 e. The molecule has 5 rings (SSSR count). The molecular weight excluding hydrogens is 650 g/mol. The van der Waals surface area contributed by atoms with Crippen LogP contribution < -0.4 is 24.4 Å². The molecule has 0 aromatic heterocycles. The van der Waals surface area contributed by atoms with Crippen molar-refractivity contribution in [2.24, 2.45) is 0 Å². The number of hydrogen-bond donors (Lipinski definition) is 1. The van der Waals surface area contributed by atoms with Crippen LogP contribution in [0, 0.1) is 0 Å². The fourth-order valence-corrected chi connectivity index (χ4v) is 5.20. The van der Waals surface area contributed by atoms with E-state index in [1.54, 1.807) is 19.2 Å². The highest BCUT2D eigenvalue weighted by atomic mass is 35.5. The summed E-state index contributed by atoms with van der Waals surface area (Å²) in [5, 5.41) is 2.79. The molecule has 1 aliphatic rings. The van der Waals surface area contributed by atoms with Crippen LogP contribution in [0.25, 0.3) is 6.08 Å². The van der Waals surface area contributed by atoms with E-state index in [-0.39, 0.29) is 43.7 Å². The summed E-state index contributed by atoms with van der Waals surface area (Å²) < 4.78 is 17.3. The number of urea groups is 1. The van der Waals surface area contributed by atoms with Gasteiger partial charge in [-0.25, -0.2) is 9.69 Å². The number of carbonyl (C=O) groups excluding carboxylic acids is 3. The molecule has 12 heteroatoms. The molecule has 44 heavy (non-hydrogen) atoms. The number of benzene rings is 4. The molecule has 1 saturated heterocycles. The van der Waals surface area contributed by atoms with Crippen LogP contribution in [0.5, 0.6) is 17.2 Å². The van der Waals surface area contributed by atoms with E-state index in [2.05, 4.69) is 5.32 Å². The van der Waals surface area contributed by atoms with Crippen molar-refractivity contribution in [1.82, 2.24) is 5.32 Å². The molecular formula is C32H22Cl4N2O6. The molecule has 1 heterocycles. The number of carbonyl (C=O) groups is 3. The van der Waals surface area contributed by atoms with E-state index in [4.69, 9.17) is 60.6 Å². The first-order valence-corrected chi connectivity index (χ1v) is 14.5. The van der Waals surface area contributed by atoms with E-state index >= 15 is 0 Å². The van der Waals surface area contributed by atoms with Crippen LogP contribution in [0.4, 0.5) is 10.5 Å². The zero-order chi connectivity index (χ0) is 31.4. The highest BCUT2D eigenvalue weighted by molar-refractivity contribution is 6.43. The number of nitrogens with one attached hydrogen (secondary N) is 1. The molecule has 1 aliphatic heterocycles. The Morgan fingerprint density at radius 1 is 0.727 bits per heavy atom. The van der Waals surface area contributed by atoms with Gasteiger partial charge in [-0.3, -0.25) is 14.9 Å². The van der Waals surface area contributed by atoms with Gasteiger partial charge in [0.1, 0.15) is 18.8 Å². The van der Waals surface area contributed by atoms with Gasteiger partial charge in [0.15, 0.2) is 17.2 Å². The van der Waals surface area contributed by atoms with Crippen LogP contribution in [0.15, 0.2) is 84.4 Å². The number of methoxy groups -OCH3 is 1. The molecule has 0 bridgehead atoms. The summed E-state index contributed by atoms with van der Waals surface area (Å²) in [7, 11) is 1.55. The van der Waals surface area contributed by atoms with Crippen molar-refractivity contribution < 1.29 is 28.6 Å². The number of rotatable bonds is 9. The van der Waals surface area contributed by atoms with Crippen LogP contribution in [0.2, 0.25) is 20.1 Å². The molecule has 0 saturated carbocycles. The highest BCUT2D eigenvalue weighted by Gasteiger charge is 2.37. The number of nitrogens with zero attached hydrogens (tertiary/aromatic N) is 1. The minimum atomic E-state index is -0.928. The van der Waals surface area contributed by atoms with E-state index in [1.165, 1.54) is 36.4 Å². The van der Waals surface area contributed by atoms with Gasteiger partial charge in [-0.2, -0.15) is 0 Å². The SMILES string of the molecule is COc1cc(COc2c(Cl)cc(/C=C3/C(=O)NC(=O)N(c4ccc(Cl)c(Cl)c4)C3=O)cc2Cl)ccc1OCc1ccccc1. The van der Waals surface area contributed by atoms with Crippen molar-refractivity contribution in [3.8, 4) is 17.2 Å². The van der Waals surface area contributed by atoms with Crippen LogP contribution in [0.1, 0.15) is 16.7 Å². The van der Waals surface area contributed by atoms with Crippen molar-refractivity contribution in [3.63, 3.8) is 0 Å². The van der Waals surface area contributed by atoms with Crippen molar-refractivity contribution >= 4 is 76.0 Å². The Labute approximate surface area is 272 Å². The maximum atomic E-state index is 13.2. The number of hydrogen-bond acceptors (Lipinski definition) is 6. The predicted octanol–water partition coefficient (Wildman–Crippen LogP) is 8.13. The summed E-state index contributed by atoms with van der Waals surface area (Å²) >= 11 is 25.0. The highest BCUT2D eigenvalue weighted by Crippen LogP contribution is 2.37. The summed E-state index contributed by atoms with van der Waals surface area (Å²) in [6.07, 6.45) is 1.27. The first-order chi connectivity index (χ1) is 21.1. The van der Waals surface area contributed by atoms with Gasteiger partial charge in [0.2, 0.25) is 0 Å². The second-order valence-electron chi connectivity index (χ2n) is 9.42. The van der Waals surface area contributed by atoms with E-state index in [9.17, 15) is 14.4 Å². The number of amides is 4. The van der Waals surface area contributed by atoms with Gasteiger partial charge in [0.05, 0.1) is 32.9 Å². The van der Waals surface area contributed by atoms with E-state index < -0.39 is 17.8 Å². The lowest BCUT2D eigenvalue weighted by Gasteiger charge is -2.26. The van der Waals surface area contributed by atoms with Gasteiger partial charge in [-0.15, -0.1) is 0 Å². The first kappa shape index (κ1) is 31.2. The third-order valence-electron chi connectivity index (χ3n) is 6.44. The van der Waals surface area contributed by atoms with Gasteiger partial charge in [0.25, 0.3) is 11.8 Å². The van der Waals surface area contributed by atoms with Gasteiger partial charge < -0.3 is 14.2 Å². The van der Waals surface area contributed by atoms with Crippen molar-refractivity contribution in [3.05, 3.63) is 121 Å². The topological polar surface area (TPSA) is 94.2 Å². The zero-order valence-electron chi connectivity index (χ0n) is 22.9. The standard InChI is InChI=1S/C32H22Cl4N2O6/c1-42-28-14-19(7-10-27(28)43-16-18-5-3-2-4-6-18)17-44-29-25(35)12-20(13-26(29)36)11-22-30(39)37-32(41)38(31(22)40)21-8-9-23(33)24(34)15-21/h2-15H,16-17H2,1H3,(H,37,39,41)/b22-11-. The van der Waals surface area contributed by atoms with E-state index in [1.807, 2.05) is 36.4 Å². The Hall–Kier alpha value is -4.21. The second kappa shape index (κ2) is 13.6. The minimum Gasteiger partial charge on any atom is -0.493 e. The Morgan fingerprint density at radius 3 is 2.11 bits per heavy atom. The van der Waals surface area contributed by atoms with E-state index in [0.717, 1.165) is 16.0 Å². The quantitative estimate of drug-likeness (QED) is 0.143. The maximum absolute atomic E-state index is 13.2. The third-order valence-corrected chi connectivity index (χ3v) is 7.74. The Bertz CT molecular complexity index is 1770. The largest absolute Gasteiger partial charge is 0.493 e. The van der Waals surface area contributed by atoms with Crippen LogP contribution >= 0.6 is 46.4 Å². The normalized spacial score (nSPS) is 14.1. The summed E-state index contributed by atoms with van der Waals surface area (Å²) in [5.41, 5.74) is 1.93. The lowest BCUT2D eigenvalue weighted by molar-refractivity contribution is -0.122. The zero-order valence-corrected chi connectivity index (χ0v) is 25.9. The summed E-state index contributed by atoms with van der Waals surface area (Å²) in [6, 6.07) is 21.4. The van der Waals surface area contributed by atoms with E-state index in [0.29, 0.717) is 23.7 Å². The molecule has 1 N–H and O–H groups in total. The van der Waals surface area contributed by atoms with Crippen LogP contribution in [0.3, 0.4) is 0 Å². The molecule has 0 atom stereocenters. The Morgan fingerprint density at radius 2 is 1.43 bits per heavy atom. The number of anilines is 1. The lowest BCUT2D eigenvalue weighted by atomic mass is 10.1. The third kappa shape index (κ3) is 6.95. The van der Waals surface area contributed by atoms with Gasteiger partial charge in [-0.1, -0.05) is 82.8 Å². The van der Waals surface area contributed by atoms with Crippen molar-refractivity contribution in [1.29, 1.82) is 0 Å². The monoisotopic (exact) mass is 670 g/mol. The smallest absolute Gasteiger partial charge is 0.335 e. The van der Waals surface area contributed by atoms with Gasteiger partial charge in [0, 0.05) is 0 Å². The minimum absolute atomic E-state index is 0.108.